The number of benzene rings is 1. The van der Waals surface area contributed by atoms with Crippen LogP contribution in [0.3, 0.4) is 0 Å². The highest BCUT2D eigenvalue weighted by Gasteiger charge is 2.28. The number of nitrogens with zero attached hydrogens (tertiary/aromatic N) is 2. The van der Waals surface area contributed by atoms with Crippen LogP contribution in [0.2, 0.25) is 0 Å². The third-order valence-corrected chi connectivity index (χ3v) is 4.44. The van der Waals surface area contributed by atoms with Crippen molar-refractivity contribution in [3.63, 3.8) is 0 Å². The molecule has 1 aromatic carbocycles. The number of methoxy groups -OCH3 is 1. The molecule has 0 bridgehead atoms. The van der Waals surface area contributed by atoms with E-state index >= 15 is 0 Å². The molecule has 126 valence electrons. The molecule has 6 nitrogen and oxygen atoms in total. The number of ether oxygens (including phenoxy) is 1. The molecule has 1 N–H and O–H groups in total. The lowest BCUT2D eigenvalue weighted by atomic mass is 9.80. The van der Waals surface area contributed by atoms with Gasteiger partial charge in [0.25, 0.3) is 0 Å². The van der Waals surface area contributed by atoms with Gasteiger partial charge in [0.1, 0.15) is 0 Å². The normalized spacial score (nSPS) is 15.6. The van der Waals surface area contributed by atoms with E-state index in [9.17, 15) is 0 Å². The molecule has 1 fully saturated rings. The predicted molar refractivity (Wildman–Crippen MR) is 94.7 cm³/mol. The molecule has 0 unspecified atom stereocenters. The van der Waals surface area contributed by atoms with E-state index in [0.29, 0.717) is 24.3 Å². The molecule has 0 radical (unpaired) electrons. The van der Waals surface area contributed by atoms with Crippen LogP contribution in [0.4, 0.5) is 0 Å². The zero-order valence-corrected chi connectivity index (χ0v) is 14.4. The van der Waals surface area contributed by atoms with Crippen molar-refractivity contribution in [1.82, 2.24) is 15.3 Å². The van der Waals surface area contributed by atoms with Crippen molar-refractivity contribution in [3.05, 3.63) is 42.1 Å². The fraction of sp³-hybridized carbons (Fsp3) is 0.375. The maximum Gasteiger partial charge on any atom is 0.501 e. The summed E-state index contributed by atoms with van der Waals surface area (Å²) >= 11 is 1.57. The molecule has 1 saturated heterocycles. The summed E-state index contributed by atoms with van der Waals surface area (Å²) in [7, 11) is 1.11. The molecule has 2 aromatic rings. The minimum atomic E-state index is -0.491. The predicted octanol–water partition coefficient (Wildman–Crippen LogP) is 1.11. The number of aromatic nitrogens is 2. The Morgan fingerprint density at radius 2 is 1.96 bits per heavy atom. The van der Waals surface area contributed by atoms with Crippen LogP contribution >= 0.6 is 11.8 Å². The third-order valence-electron chi connectivity index (χ3n) is 3.51. The van der Waals surface area contributed by atoms with E-state index in [1.165, 1.54) is 5.56 Å². The van der Waals surface area contributed by atoms with Gasteiger partial charge in [0, 0.05) is 38.3 Å². The Kier molecular flexibility index (Phi) is 6.48. The fourth-order valence-electron chi connectivity index (χ4n) is 2.31. The van der Waals surface area contributed by atoms with Crippen molar-refractivity contribution in [1.29, 1.82) is 0 Å². The van der Waals surface area contributed by atoms with Crippen molar-refractivity contribution >= 4 is 24.3 Å². The number of hydrogen-bond acceptors (Lipinski definition) is 7. The Bertz CT molecular complexity index is 640. The van der Waals surface area contributed by atoms with Gasteiger partial charge in [0.15, 0.2) is 5.16 Å². The average molecular weight is 345 g/mol. The molecule has 0 atom stereocenters. The summed E-state index contributed by atoms with van der Waals surface area (Å²) in [5.74, 6) is 1.31. The van der Waals surface area contributed by atoms with Crippen LogP contribution in [-0.2, 0) is 15.1 Å². The lowest BCUT2D eigenvalue weighted by Crippen LogP contribution is -2.44. The van der Waals surface area contributed by atoms with Gasteiger partial charge in [-0.05, 0) is 5.56 Å². The lowest BCUT2D eigenvalue weighted by molar-refractivity contribution is 0.186. The first-order valence-corrected chi connectivity index (χ1v) is 8.87. The molecule has 3 rings (SSSR count). The molecule has 2 heterocycles. The topological polar surface area (TPSA) is 65.5 Å². The summed E-state index contributed by atoms with van der Waals surface area (Å²) < 4.78 is 16.9. The average Bonchev–Trinajstić information content (AvgIpc) is 2.61. The van der Waals surface area contributed by atoms with E-state index in [1.807, 2.05) is 18.2 Å². The van der Waals surface area contributed by atoms with Crippen LogP contribution in [0.15, 0.2) is 41.7 Å². The Morgan fingerprint density at radius 3 is 2.67 bits per heavy atom. The molecule has 0 aliphatic carbocycles. The van der Waals surface area contributed by atoms with Crippen molar-refractivity contribution in [2.45, 2.75) is 10.9 Å². The van der Waals surface area contributed by atoms with Gasteiger partial charge in [-0.15, -0.1) is 0 Å². The minimum Gasteiger partial charge on any atom is -0.481 e. The van der Waals surface area contributed by atoms with Gasteiger partial charge in [0.2, 0.25) is 5.88 Å². The van der Waals surface area contributed by atoms with Gasteiger partial charge in [-0.3, -0.25) is 0 Å². The van der Waals surface area contributed by atoms with Gasteiger partial charge < -0.3 is 19.4 Å². The summed E-state index contributed by atoms with van der Waals surface area (Å²) in [6.07, 6.45) is 1.73. The second kappa shape index (κ2) is 9.03. The zero-order valence-electron chi connectivity index (χ0n) is 13.6. The number of thioether (sulfide) groups is 1. The third kappa shape index (κ3) is 4.70. The lowest BCUT2D eigenvalue weighted by Gasteiger charge is -2.19. The highest BCUT2D eigenvalue weighted by atomic mass is 32.2. The van der Waals surface area contributed by atoms with Gasteiger partial charge in [-0.25, -0.2) is 4.98 Å². The molecular weight excluding hydrogens is 325 g/mol. The smallest absolute Gasteiger partial charge is 0.481 e. The molecule has 1 aliphatic heterocycles. The summed E-state index contributed by atoms with van der Waals surface area (Å²) in [4.78, 5) is 8.92. The highest BCUT2D eigenvalue weighted by molar-refractivity contribution is 7.98. The van der Waals surface area contributed by atoms with E-state index in [0.717, 1.165) is 24.3 Å². The quantitative estimate of drug-likeness (QED) is 0.495. The second-order valence-corrected chi connectivity index (χ2v) is 6.16. The molecule has 0 spiro atoms. The maximum atomic E-state index is 5.73. The van der Waals surface area contributed by atoms with Crippen LogP contribution in [0.5, 0.6) is 5.88 Å². The molecule has 1 aromatic heterocycles. The van der Waals surface area contributed by atoms with E-state index < -0.39 is 7.12 Å². The van der Waals surface area contributed by atoms with Crippen molar-refractivity contribution < 1.29 is 14.0 Å². The Labute approximate surface area is 146 Å². The Hall–Kier alpha value is -1.61. The number of hydrogen-bond donors (Lipinski definition) is 1. The van der Waals surface area contributed by atoms with E-state index in [2.05, 4.69) is 27.4 Å². The van der Waals surface area contributed by atoms with Crippen LogP contribution in [0.1, 0.15) is 5.56 Å². The van der Waals surface area contributed by atoms with Crippen LogP contribution in [0, 0.1) is 0 Å². The Balaban J connectivity index is 1.70. The first kappa shape index (κ1) is 17.2. The fourth-order valence-corrected chi connectivity index (χ4v) is 3.07. The van der Waals surface area contributed by atoms with E-state index in [1.54, 1.807) is 25.1 Å². The summed E-state index contributed by atoms with van der Waals surface area (Å²) in [6, 6.07) is 10.2. The molecule has 1 aliphatic rings. The highest BCUT2D eigenvalue weighted by Crippen LogP contribution is 2.20. The summed E-state index contributed by atoms with van der Waals surface area (Å²) in [5.41, 5.74) is 1.96. The van der Waals surface area contributed by atoms with E-state index in [-0.39, 0.29) is 0 Å². The number of nitrogens with one attached hydrogen (secondary N) is 1. The summed E-state index contributed by atoms with van der Waals surface area (Å²) in [6.45, 7) is 2.73. The molecule has 0 amide bonds. The first-order valence-electron chi connectivity index (χ1n) is 7.88. The maximum absolute atomic E-state index is 5.73. The van der Waals surface area contributed by atoms with E-state index in [4.69, 9.17) is 14.0 Å². The van der Waals surface area contributed by atoms with Crippen LogP contribution in [-0.4, -0.2) is 50.5 Å². The van der Waals surface area contributed by atoms with Gasteiger partial charge in [0.05, 0.1) is 12.6 Å². The summed E-state index contributed by atoms with van der Waals surface area (Å²) in [5, 5.41) is 3.89. The van der Waals surface area contributed by atoms with Gasteiger partial charge in [-0.1, -0.05) is 42.1 Å². The first-order chi connectivity index (χ1) is 11.9. The minimum absolute atomic E-state index is 0.491. The van der Waals surface area contributed by atoms with Crippen LogP contribution in [0.25, 0.3) is 0 Å². The van der Waals surface area contributed by atoms with Crippen LogP contribution < -0.4 is 15.5 Å². The largest absolute Gasteiger partial charge is 0.501 e. The second-order valence-electron chi connectivity index (χ2n) is 5.21. The number of rotatable bonds is 5. The van der Waals surface area contributed by atoms with Gasteiger partial charge in [-0.2, -0.15) is 4.98 Å². The zero-order chi connectivity index (χ0) is 16.6. The monoisotopic (exact) mass is 345 g/mol. The Morgan fingerprint density at radius 1 is 1.21 bits per heavy atom. The van der Waals surface area contributed by atoms with Crippen molar-refractivity contribution in [2.75, 3.05) is 33.4 Å². The molecule has 24 heavy (non-hydrogen) atoms. The molecular formula is C16H20BN3O3S. The van der Waals surface area contributed by atoms with Gasteiger partial charge >= 0.3 is 7.12 Å². The standard InChI is InChI=1S/C16H20BN3O3S/c1-21-15-14(17-22-9-7-18-8-10-23-17)11-19-16(20-15)24-12-13-5-3-2-4-6-13/h2-6,11,18H,7-10,12H2,1H3. The van der Waals surface area contributed by atoms with Crippen molar-refractivity contribution in [2.24, 2.45) is 0 Å². The molecule has 0 saturated carbocycles. The SMILES string of the molecule is COc1nc(SCc2ccccc2)ncc1B1OCCNCCO1. The van der Waals surface area contributed by atoms with Crippen molar-refractivity contribution in [3.8, 4) is 5.88 Å². The molecule has 8 heteroatoms.